The van der Waals surface area contributed by atoms with Crippen LogP contribution in [0, 0.1) is 0 Å². The molecule has 1 aromatic heterocycles. The summed E-state index contributed by atoms with van der Waals surface area (Å²) in [5.74, 6) is 1.79. The maximum Gasteiger partial charge on any atom is 0.223 e. The minimum atomic E-state index is 0.264. The molecule has 2 heterocycles. The summed E-state index contributed by atoms with van der Waals surface area (Å²) in [6.45, 7) is 1.91. The number of nitrogens with one attached hydrogen (secondary N) is 1. The van der Waals surface area contributed by atoms with Crippen molar-refractivity contribution in [3.8, 4) is 0 Å². The monoisotopic (exact) mass is 332 g/mol. The van der Waals surface area contributed by atoms with E-state index in [1.807, 2.05) is 30.3 Å². The molecule has 0 aliphatic carbocycles. The maximum atomic E-state index is 6.01. The molecule has 1 aliphatic rings. The molecule has 0 saturated carbocycles. The van der Waals surface area contributed by atoms with Gasteiger partial charge in [0, 0.05) is 35.9 Å². The van der Waals surface area contributed by atoms with Crippen molar-refractivity contribution in [1.82, 2.24) is 14.9 Å². The molecule has 0 radical (unpaired) electrons. The summed E-state index contributed by atoms with van der Waals surface area (Å²) in [6, 6.07) is 9.96. The van der Waals surface area contributed by atoms with Crippen molar-refractivity contribution in [3.63, 3.8) is 0 Å². The van der Waals surface area contributed by atoms with Crippen LogP contribution in [-0.4, -0.2) is 48.1 Å². The molecule has 0 spiro atoms. The Morgan fingerprint density at radius 2 is 2.13 bits per heavy atom. The molecule has 3 rings (SSSR count). The predicted molar refractivity (Wildman–Crippen MR) is 95.5 cm³/mol. The first-order valence-corrected chi connectivity index (χ1v) is 7.97. The van der Waals surface area contributed by atoms with Crippen molar-refractivity contribution in [2.24, 2.45) is 0 Å². The quantitative estimate of drug-likeness (QED) is 0.896. The third-order valence-electron chi connectivity index (χ3n) is 4.04. The summed E-state index contributed by atoms with van der Waals surface area (Å²) in [4.78, 5) is 13.1. The lowest BCUT2D eigenvalue weighted by Crippen LogP contribution is -2.31. The van der Waals surface area contributed by atoms with Crippen molar-refractivity contribution >= 4 is 34.9 Å². The highest BCUT2D eigenvalue weighted by molar-refractivity contribution is 6.30. The highest BCUT2D eigenvalue weighted by atomic mass is 35.5. The van der Waals surface area contributed by atoms with Gasteiger partial charge in [0.2, 0.25) is 5.95 Å². The largest absolute Gasteiger partial charge is 0.368 e. The lowest BCUT2D eigenvalue weighted by molar-refractivity contribution is 0.315. The third-order valence-corrected chi connectivity index (χ3v) is 4.28. The smallest absolute Gasteiger partial charge is 0.223 e. The Bertz CT molecular complexity index is 690. The van der Waals surface area contributed by atoms with Gasteiger partial charge in [0.1, 0.15) is 11.6 Å². The fraction of sp³-hybridized carbons (Fsp3) is 0.375. The molecule has 7 heteroatoms. The summed E-state index contributed by atoms with van der Waals surface area (Å²) >= 11 is 6.01. The standard InChI is InChI=1S/C16H21ClN6/c1-22(2)13-6-7-23(10-13)15-9-14(20-16(18)21-15)19-12-5-3-4-11(17)8-12/h3-5,8-9,13H,6-7,10H2,1-2H3,(H3,18,19,20,21). The summed E-state index contributed by atoms with van der Waals surface area (Å²) in [5.41, 5.74) is 6.75. The number of rotatable bonds is 4. The molecule has 6 nitrogen and oxygen atoms in total. The third kappa shape index (κ3) is 3.83. The van der Waals surface area contributed by atoms with Gasteiger partial charge in [0.25, 0.3) is 0 Å². The Balaban J connectivity index is 1.80. The van der Waals surface area contributed by atoms with Crippen molar-refractivity contribution < 1.29 is 0 Å². The zero-order valence-electron chi connectivity index (χ0n) is 13.3. The van der Waals surface area contributed by atoms with Crippen LogP contribution in [0.5, 0.6) is 0 Å². The molecule has 3 N–H and O–H groups in total. The number of aromatic nitrogens is 2. The first-order chi connectivity index (χ1) is 11.0. The minimum absolute atomic E-state index is 0.264. The molecule has 122 valence electrons. The molecular formula is C16H21ClN6. The molecule has 23 heavy (non-hydrogen) atoms. The van der Waals surface area contributed by atoms with E-state index < -0.39 is 0 Å². The molecule has 0 amide bonds. The van der Waals surface area contributed by atoms with Gasteiger partial charge in [-0.25, -0.2) is 0 Å². The second-order valence-electron chi connectivity index (χ2n) is 5.96. The first kappa shape index (κ1) is 15.8. The highest BCUT2D eigenvalue weighted by Crippen LogP contribution is 2.25. The Hall–Kier alpha value is -2.05. The first-order valence-electron chi connectivity index (χ1n) is 7.60. The van der Waals surface area contributed by atoms with Gasteiger partial charge in [0.15, 0.2) is 0 Å². The van der Waals surface area contributed by atoms with Crippen molar-refractivity contribution in [2.75, 3.05) is 43.1 Å². The number of nitrogens with zero attached hydrogens (tertiary/aromatic N) is 4. The number of halogens is 1. The molecular weight excluding hydrogens is 312 g/mol. The van der Waals surface area contributed by atoms with Crippen molar-refractivity contribution in [3.05, 3.63) is 35.4 Å². The van der Waals surface area contributed by atoms with Gasteiger partial charge < -0.3 is 20.9 Å². The molecule has 2 aromatic rings. The van der Waals surface area contributed by atoms with Crippen LogP contribution in [0.3, 0.4) is 0 Å². The Labute approximate surface area is 141 Å². The number of likely N-dealkylation sites (N-methyl/N-ethyl adjacent to an activating group) is 1. The van der Waals surface area contributed by atoms with Gasteiger partial charge in [-0.2, -0.15) is 9.97 Å². The van der Waals surface area contributed by atoms with E-state index in [0.29, 0.717) is 16.9 Å². The normalized spacial score (nSPS) is 17.7. The van der Waals surface area contributed by atoms with Crippen LogP contribution >= 0.6 is 11.6 Å². The summed E-state index contributed by atoms with van der Waals surface area (Å²) in [7, 11) is 4.21. The Morgan fingerprint density at radius 3 is 2.83 bits per heavy atom. The summed E-state index contributed by atoms with van der Waals surface area (Å²) in [6.07, 6.45) is 1.12. The average molecular weight is 333 g/mol. The molecule has 1 unspecified atom stereocenters. The lowest BCUT2D eigenvalue weighted by Gasteiger charge is -2.21. The number of hydrogen-bond donors (Lipinski definition) is 2. The van der Waals surface area contributed by atoms with Gasteiger partial charge in [0.05, 0.1) is 0 Å². The van der Waals surface area contributed by atoms with Crippen LogP contribution < -0.4 is 16.0 Å². The van der Waals surface area contributed by atoms with Crippen molar-refractivity contribution in [1.29, 1.82) is 0 Å². The van der Waals surface area contributed by atoms with Crippen LogP contribution in [0.2, 0.25) is 5.02 Å². The zero-order chi connectivity index (χ0) is 16.4. The fourth-order valence-corrected chi connectivity index (χ4v) is 2.95. The van der Waals surface area contributed by atoms with Crippen LogP contribution in [0.25, 0.3) is 0 Å². The van der Waals surface area contributed by atoms with E-state index in [2.05, 4.69) is 39.2 Å². The van der Waals surface area contributed by atoms with Crippen LogP contribution in [0.1, 0.15) is 6.42 Å². The zero-order valence-corrected chi connectivity index (χ0v) is 14.1. The molecule has 0 bridgehead atoms. The minimum Gasteiger partial charge on any atom is -0.368 e. The van der Waals surface area contributed by atoms with E-state index in [0.717, 1.165) is 31.0 Å². The lowest BCUT2D eigenvalue weighted by atomic mass is 10.2. The van der Waals surface area contributed by atoms with Crippen LogP contribution in [-0.2, 0) is 0 Å². The van der Waals surface area contributed by atoms with E-state index in [4.69, 9.17) is 17.3 Å². The second-order valence-corrected chi connectivity index (χ2v) is 6.39. The summed E-state index contributed by atoms with van der Waals surface area (Å²) in [5, 5.41) is 3.90. The molecule has 1 atom stereocenters. The van der Waals surface area contributed by atoms with E-state index in [1.54, 1.807) is 0 Å². The highest BCUT2D eigenvalue weighted by Gasteiger charge is 2.25. The molecule has 1 saturated heterocycles. The van der Waals surface area contributed by atoms with E-state index in [9.17, 15) is 0 Å². The van der Waals surface area contributed by atoms with Gasteiger partial charge in [-0.3, -0.25) is 0 Å². The number of hydrogen-bond acceptors (Lipinski definition) is 6. The van der Waals surface area contributed by atoms with Gasteiger partial charge in [-0.1, -0.05) is 17.7 Å². The van der Waals surface area contributed by atoms with E-state index >= 15 is 0 Å². The van der Waals surface area contributed by atoms with E-state index in [-0.39, 0.29) is 5.95 Å². The van der Waals surface area contributed by atoms with Gasteiger partial charge in [-0.15, -0.1) is 0 Å². The van der Waals surface area contributed by atoms with Crippen molar-refractivity contribution in [2.45, 2.75) is 12.5 Å². The van der Waals surface area contributed by atoms with E-state index in [1.165, 1.54) is 0 Å². The maximum absolute atomic E-state index is 6.01. The second kappa shape index (κ2) is 6.60. The SMILES string of the molecule is CN(C)C1CCN(c2cc(Nc3cccc(Cl)c3)nc(N)n2)C1. The molecule has 1 fully saturated rings. The number of nitrogen functional groups attached to an aromatic ring is 1. The predicted octanol–water partition coefficient (Wildman–Crippen LogP) is 2.60. The number of nitrogens with two attached hydrogens (primary N) is 1. The topological polar surface area (TPSA) is 70.3 Å². The van der Waals surface area contributed by atoms with Crippen LogP contribution in [0.15, 0.2) is 30.3 Å². The summed E-state index contributed by atoms with van der Waals surface area (Å²) < 4.78 is 0. The number of anilines is 4. The Kier molecular flexibility index (Phi) is 4.54. The molecule has 1 aliphatic heterocycles. The van der Waals surface area contributed by atoms with Gasteiger partial charge >= 0.3 is 0 Å². The Morgan fingerprint density at radius 1 is 1.30 bits per heavy atom. The fourth-order valence-electron chi connectivity index (χ4n) is 2.76. The molecule has 1 aromatic carbocycles. The number of benzene rings is 1. The van der Waals surface area contributed by atoms with Gasteiger partial charge in [-0.05, 0) is 38.7 Å². The van der Waals surface area contributed by atoms with Crippen LogP contribution in [0.4, 0.5) is 23.3 Å². The average Bonchev–Trinajstić information content (AvgIpc) is 2.96.